The van der Waals surface area contributed by atoms with E-state index in [0.717, 1.165) is 18.4 Å². The molecule has 1 aromatic heterocycles. The average Bonchev–Trinajstić information content (AvgIpc) is 2.17. The summed E-state index contributed by atoms with van der Waals surface area (Å²) in [6.45, 7) is 6.56. The van der Waals surface area contributed by atoms with Crippen molar-refractivity contribution in [3.63, 3.8) is 0 Å². The van der Waals surface area contributed by atoms with Crippen LogP contribution in [0.5, 0.6) is 5.88 Å². The summed E-state index contributed by atoms with van der Waals surface area (Å²) >= 11 is 6.24. The number of pyridine rings is 1. The van der Waals surface area contributed by atoms with Crippen LogP contribution in [0.25, 0.3) is 0 Å². The Morgan fingerprint density at radius 2 is 2.13 bits per heavy atom. The van der Waals surface area contributed by atoms with E-state index < -0.39 is 0 Å². The van der Waals surface area contributed by atoms with Gasteiger partial charge in [-0.15, -0.1) is 0 Å². The van der Waals surface area contributed by atoms with E-state index in [0.29, 0.717) is 10.9 Å². The Morgan fingerprint density at radius 1 is 1.47 bits per heavy atom. The highest BCUT2D eigenvalue weighted by Crippen LogP contribution is 2.36. The molecular formula is C12H18ClNO. The number of hydrogen-bond donors (Lipinski definition) is 0. The molecule has 0 radical (unpaired) electrons. The minimum atomic E-state index is 0.0715. The normalized spacial score (nSPS) is 11.5. The number of hydrogen-bond acceptors (Lipinski definition) is 2. The van der Waals surface area contributed by atoms with Crippen LogP contribution in [0.1, 0.15) is 39.2 Å². The lowest BCUT2D eigenvalue weighted by molar-refractivity contribution is 0.393. The number of halogens is 1. The first-order valence-corrected chi connectivity index (χ1v) is 5.59. The summed E-state index contributed by atoms with van der Waals surface area (Å²) in [4.78, 5) is 4.08. The molecule has 1 rings (SSSR count). The molecule has 0 unspecified atom stereocenters. The lowest BCUT2D eigenvalue weighted by Gasteiger charge is -2.26. The molecule has 0 aliphatic rings. The topological polar surface area (TPSA) is 22.1 Å². The highest BCUT2D eigenvalue weighted by Gasteiger charge is 2.24. The molecule has 0 aromatic carbocycles. The van der Waals surface area contributed by atoms with Crippen molar-refractivity contribution in [1.82, 2.24) is 4.98 Å². The standard InChI is InChI=1S/C12H18ClNO/c1-5-7-12(2,3)9-6-8-14-11(15-4)10(9)13/h6,8H,5,7H2,1-4H3. The van der Waals surface area contributed by atoms with Crippen LogP contribution in [-0.2, 0) is 5.41 Å². The largest absolute Gasteiger partial charge is 0.480 e. The smallest absolute Gasteiger partial charge is 0.232 e. The van der Waals surface area contributed by atoms with Crippen molar-refractivity contribution >= 4 is 11.6 Å². The van der Waals surface area contributed by atoms with Crippen molar-refractivity contribution in [2.24, 2.45) is 0 Å². The quantitative estimate of drug-likeness (QED) is 0.780. The van der Waals surface area contributed by atoms with Crippen molar-refractivity contribution in [1.29, 1.82) is 0 Å². The Labute approximate surface area is 96.6 Å². The number of nitrogens with zero attached hydrogens (tertiary/aromatic N) is 1. The van der Waals surface area contributed by atoms with Gasteiger partial charge in [0.2, 0.25) is 5.88 Å². The number of methoxy groups -OCH3 is 1. The second kappa shape index (κ2) is 4.84. The van der Waals surface area contributed by atoms with E-state index >= 15 is 0 Å². The zero-order chi connectivity index (χ0) is 11.5. The molecule has 15 heavy (non-hydrogen) atoms. The third-order valence-electron chi connectivity index (χ3n) is 2.65. The third-order valence-corrected chi connectivity index (χ3v) is 3.02. The number of aromatic nitrogens is 1. The molecule has 1 aromatic rings. The maximum atomic E-state index is 6.24. The van der Waals surface area contributed by atoms with Crippen molar-refractivity contribution in [3.05, 3.63) is 22.8 Å². The summed E-state index contributed by atoms with van der Waals surface area (Å²) in [7, 11) is 1.59. The minimum Gasteiger partial charge on any atom is -0.480 e. The van der Waals surface area contributed by atoms with Gasteiger partial charge in [-0.2, -0.15) is 0 Å². The molecular weight excluding hydrogens is 210 g/mol. The molecule has 84 valence electrons. The summed E-state index contributed by atoms with van der Waals surface area (Å²) in [6, 6.07) is 1.97. The first-order chi connectivity index (χ1) is 7.03. The zero-order valence-corrected chi connectivity index (χ0v) is 10.6. The van der Waals surface area contributed by atoms with Gasteiger partial charge in [-0.1, -0.05) is 38.8 Å². The monoisotopic (exact) mass is 227 g/mol. The van der Waals surface area contributed by atoms with E-state index in [2.05, 4.69) is 25.8 Å². The Bertz CT molecular complexity index is 336. The van der Waals surface area contributed by atoms with E-state index in [9.17, 15) is 0 Å². The van der Waals surface area contributed by atoms with Crippen LogP contribution in [0.2, 0.25) is 5.02 Å². The maximum absolute atomic E-state index is 6.24. The molecule has 0 N–H and O–H groups in total. The predicted octanol–water partition coefficient (Wildman–Crippen LogP) is 3.82. The first kappa shape index (κ1) is 12.3. The molecule has 0 bridgehead atoms. The van der Waals surface area contributed by atoms with E-state index in [1.807, 2.05) is 6.07 Å². The molecule has 0 fully saturated rings. The lowest BCUT2D eigenvalue weighted by atomic mass is 9.81. The van der Waals surface area contributed by atoms with Gasteiger partial charge in [-0.25, -0.2) is 4.98 Å². The highest BCUT2D eigenvalue weighted by atomic mass is 35.5. The SMILES string of the molecule is CCCC(C)(C)c1ccnc(OC)c1Cl. The molecule has 0 saturated carbocycles. The van der Waals surface area contributed by atoms with Crippen molar-refractivity contribution in [3.8, 4) is 5.88 Å². The van der Waals surface area contributed by atoms with Gasteiger partial charge in [0, 0.05) is 6.20 Å². The minimum absolute atomic E-state index is 0.0715. The van der Waals surface area contributed by atoms with Gasteiger partial charge in [0.15, 0.2) is 0 Å². The molecule has 0 saturated heterocycles. The summed E-state index contributed by atoms with van der Waals surface area (Å²) in [5, 5.41) is 0.637. The van der Waals surface area contributed by atoms with Gasteiger partial charge in [0.1, 0.15) is 5.02 Å². The number of rotatable bonds is 4. The fourth-order valence-electron chi connectivity index (χ4n) is 1.85. The van der Waals surface area contributed by atoms with E-state index in [1.54, 1.807) is 13.3 Å². The van der Waals surface area contributed by atoms with Gasteiger partial charge < -0.3 is 4.74 Å². The van der Waals surface area contributed by atoms with Crippen LogP contribution in [0.15, 0.2) is 12.3 Å². The Hall–Kier alpha value is -0.760. The third kappa shape index (κ3) is 2.63. The second-order valence-corrected chi connectivity index (χ2v) is 4.69. The number of ether oxygens (including phenoxy) is 1. The molecule has 0 aliphatic heterocycles. The Balaban J connectivity index is 3.14. The van der Waals surface area contributed by atoms with Crippen LogP contribution >= 0.6 is 11.6 Å². The van der Waals surface area contributed by atoms with Gasteiger partial charge in [0.25, 0.3) is 0 Å². The molecule has 2 nitrogen and oxygen atoms in total. The summed E-state index contributed by atoms with van der Waals surface area (Å²) < 4.78 is 5.12. The zero-order valence-electron chi connectivity index (χ0n) is 9.80. The summed E-state index contributed by atoms with van der Waals surface area (Å²) in [6.07, 6.45) is 3.98. The van der Waals surface area contributed by atoms with Crippen LogP contribution in [0, 0.1) is 0 Å². The van der Waals surface area contributed by atoms with Crippen LogP contribution in [0.4, 0.5) is 0 Å². The van der Waals surface area contributed by atoms with E-state index in [-0.39, 0.29) is 5.41 Å². The van der Waals surface area contributed by atoms with Crippen molar-refractivity contribution < 1.29 is 4.74 Å². The molecule has 0 aliphatic carbocycles. The Kier molecular flexibility index (Phi) is 3.97. The molecule has 0 spiro atoms. The van der Waals surface area contributed by atoms with E-state index in [1.165, 1.54) is 0 Å². The summed E-state index contributed by atoms with van der Waals surface area (Å²) in [5.74, 6) is 0.512. The fraction of sp³-hybridized carbons (Fsp3) is 0.583. The van der Waals surface area contributed by atoms with Crippen LogP contribution < -0.4 is 4.74 Å². The second-order valence-electron chi connectivity index (χ2n) is 4.32. The lowest BCUT2D eigenvalue weighted by Crippen LogP contribution is -2.17. The van der Waals surface area contributed by atoms with Crippen LogP contribution in [0.3, 0.4) is 0 Å². The van der Waals surface area contributed by atoms with Gasteiger partial charge in [-0.3, -0.25) is 0 Å². The molecule has 1 heterocycles. The maximum Gasteiger partial charge on any atom is 0.232 e. The van der Waals surface area contributed by atoms with Crippen molar-refractivity contribution in [2.45, 2.75) is 39.0 Å². The predicted molar refractivity (Wildman–Crippen MR) is 63.7 cm³/mol. The van der Waals surface area contributed by atoms with Crippen molar-refractivity contribution in [2.75, 3.05) is 7.11 Å². The molecule has 3 heteroatoms. The average molecular weight is 228 g/mol. The van der Waals surface area contributed by atoms with Gasteiger partial charge >= 0.3 is 0 Å². The molecule has 0 amide bonds. The molecule has 0 atom stereocenters. The highest BCUT2D eigenvalue weighted by molar-refractivity contribution is 6.32. The summed E-state index contributed by atoms with van der Waals surface area (Å²) in [5.41, 5.74) is 1.18. The first-order valence-electron chi connectivity index (χ1n) is 5.22. The van der Waals surface area contributed by atoms with Gasteiger partial charge in [0.05, 0.1) is 7.11 Å². The van der Waals surface area contributed by atoms with Crippen LogP contribution in [-0.4, -0.2) is 12.1 Å². The van der Waals surface area contributed by atoms with Gasteiger partial charge in [-0.05, 0) is 23.5 Å². The Morgan fingerprint density at radius 3 is 2.67 bits per heavy atom. The fourth-order valence-corrected chi connectivity index (χ4v) is 2.29. The van der Waals surface area contributed by atoms with E-state index in [4.69, 9.17) is 16.3 Å².